The molecule has 0 aromatic heterocycles. The van der Waals surface area contributed by atoms with Crippen molar-refractivity contribution in [2.75, 3.05) is 39.1 Å². The number of anilines is 8. The Morgan fingerprint density at radius 1 is 0.427 bits per heavy atom. The number of nitrogens with two attached hydrogens (primary N) is 4. The summed E-state index contributed by atoms with van der Waals surface area (Å²) in [5.74, 6) is -1.98. The maximum absolute atomic E-state index is 13.7. The summed E-state index contributed by atoms with van der Waals surface area (Å²) in [7, 11) is -19.9. The molecule has 2 aliphatic rings. The van der Waals surface area contributed by atoms with E-state index in [2.05, 4.69) is 46.8 Å². The summed E-state index contributed by atoms with van der Waals surface area (Å²) in [6, 6.07) is 23.1. The third-order valence-electron chi connectivity index (χ3n) is 10.6. The van der Waals surface area contributed by atoms with E-state index in [1.807, 2.05) is 0 Å². The third kappa shape index (κ3) is 11.6. The maximum atomic E-state index is 13.7. The summed E-state index contributed by atoms with van der Waals surface area (Å²) in [5.41, 5.74) is 26.7. The van der Waals surface area contributed by atoms with E-state index in [1.165, 1.54) is 84.9 Å². The lowest BCUT2D eigenvalue weighted by atomic mass is 9.94. The van der Waals surface area contributed by atoms with Gasteiger partial charge in [-0.1, -0.05) is 12.1 Å². The number of rotatable bonds is 14. The van der Waals surface area contributed by atoms with Crippen molar-refractivity contribution in [1.82, 2.24) is 0 Å². The molecule has 0 fully saturated rings. The number of allylic oxidation sites excluding steroid dienone is 2. The van der Waals surface area contributed by atoms with E-state index in [4.69, 9.17) is 22.9 Å². The number of ketones is 2. The Bertz CT molecular complexity index is 4120. The second-order valence-corrected chi connectivity index (χ2v) is 21.4. The van der Waals surface area contributed by atoms with E-state index in [0.717, 1.165) is 30.4 Å². The molecule has 15 N–H and O–H groups in total. The molecule has 75 heavy (non-hydrogen) atoms. The number of carbonyl (C=O) groups is 2. The fourth-order valence-electron chi connectivity index (χ4n) is 7.09. The summed E-state index contributed by atoms with van der Waals surface area (Å²) < 4.78 is 138. The second kappa shape index (κ2) is 19.7. The van der Waals surface area contributed by atoms with E-state index in [0.29, 0.717) is 5.69 Å². The summed E-state index contributed by atoms with van der Waals surface area (Å²) in [6.45, 7) is 0. The van der Waals surface area contributed by atoms with Crippen LogP contribution in [0.2, 0.25) is 0 Å². The van der Waals surface area contributed by atoms with Crippen molar-refractivity contribution in [1.29, 1.82) is 0 Å². The molecule has 384 valence electrons. The number of carbonyl (C=O) groups excluding carboxylic acids is 2. The highest BCUT2D eigenvalue weighted by Gasteiger charge is 2.35. The number of azo groups is 2. The van der Waals surface area contributed by atoms with Gasteiger partial charge in [0.15, 0.2) is 11.4 Å². The van der Waals surface area contributed by atoms with Crippen LogP contribution in [0.1, 0.15) is 31.8 Å². The first kappa shape index (κ1) is 52.2. The number of fused-ring (bicyclic) bond motifs is 2. The smallest absolute Gasteiger partial charge is 0.296 e. The molecule has 0 bridgehead atoms. The molecule has 0 saturated heterocycles. The van der Waals surface area contributed by atoms with Gasteiger partial charge < -0.3 is 28.3 Å². The van der Waals surface area contributed by atoms with E-state index >= 15 is 0 Å². The van der Waals surface area contributed by atoms with Gasteiger partial charge in [-0.15, -0.1) is 10.2 Å². The molecule has 6 aromatic rings. The van der Waals surface area contributed by atoms with Crippen LogP contribution in [0.5, 0.6) is 0 Å². The minimum Gasteiger partial charge on any atom is -0.399 e. The van der Waals surface area contributed by atoms with Crippen molar-refractivity contribution in [2.45, 2.75) is 9.79 Å². The van der Waals surface area contributed by atoms with Crippen LogP contribution in [-0.2, 0) is 40.5 Å². The molecular weight excluding hydrogens is 1060 g/mol. The van der Waals surface area contributed by atoms with Gasteiger partial charge in [-0.05, 0) is 120 Å². The minimum atomic E-state index is -5.08. The number of hydrogen-bond acceptors (Lipinski definition) is 23. The monoisotopic (exact) mass is 1100 g/mol. The Kier molecular flexibility index (Phi) is 13.8. The van der Waals surface area contributed by atoms with Gasteiger partial charge in [-0.2, -0.15) is 54.1 Å². The Labute approximate surface area is 424 Å². The van der Waals surface area contributed by atoms with Gasteiger partial charge >= 0.3 is 0 Å². The largest absolute Gasteiger partial charge is 0.399 e. The number of hydrazone groups is 2. The van der Waals surface area contributed by atoms with Crippen LogP contribution >= 0.6 is 0 Å². The van der Waals surface area contributed by atoms with Crippen LogP contribution < -0.4 is 39.1 Å². The van der Waals surface area contributed by atoms with Crippen LogP contribution in [0.4, 0.5) is 68.2 Å². The van der Waals surface area contributed by atoms with Gasteiger partial charge in [0.05, 0.1) is 45.5 Å². The summed E-state index contributed by atoms with van der Waals surface area (Å²) in [4.78, 5) is 24.3. The van der Waals surface area contributed by atoms with Crippen molar-refractivity contribution in [2.24, 2.45) is 30.7 Å². The Hall–Kier alpha value is -9.08. The van der Waals surface area contributed by atoms with Crippen molar-refractivity contribution in [3.05, 3.63) is 141 Å². The van der Waals surface area contributed by atoms with E-state index in [9.17, 15) is 61.5 Å². The maximum Gasteiger partial charge on any atom is 0.296 e. The molecule has 8 rings (SSSR count). The number of nitrogens with zero attached hydrogens (tertiary/aromatic N) is 6. The van der Waals surface area contributed by atoms with Crippen molar-refractivity contribution >= 4 is 144 Å². The van der Waals surface area contributed by atoms with Crippen LogP contribution in [-0.4, -0.2) is 74.9 Å². The number of nitrogen functional groups attached to an aromatic ring is 4. The molecule has 0 atom stereocenters. The predicted molar refractivity (Wildman–Crippen MR) is 277 cm³/mol. The second-order valence-electron chi connectivity index (χ2n) is 15.8. The summed E-state index contributed by atoms with van der Waals surface area (Å²) >= 11 is 0. The van der Waals surface area contributed by atoms with Crippen LogP contribution in [0, 0.1) is 0 Å². The molecular formula is C44H35N13O14S4. The fraction of sp³-hybridized carbons (Fsp3) is 0. The molecule has 0 heterocycles. The lowest BCUT2D eigenvalue weighted by Gasteiger charge is -2.17. The number of hydrogen-bond donors (Lipinski definition) is 11. The van der Waals surface area contributed by atoms with Gasteiger partial charge in [0.2, 0.25) is 11.6 Å². The summed E-state index contributed by atoms with van der Waals surface area (Å²) in [6.07, 6.45) is 1.97. The van der Waals surface area contributed by atoms with Gasteiger partial charge in [0.25, 0.3) is 40.5 Å². The lowest BCUT2D eigenvalue weighted by Crippen LogP contribution is -2.27. The average molecular weight is 1100 g/mol. The highest BCUT2D eigenvalue weighted by molar-refractivity contribution is 7.91. The third-order valence-corrected chi connectivity index (χ3v) is 14.2. The zero-order valence-electron chi connectivity index (χ0n) is 37.5. The van der Waals surface area contributed by atoms with Crippen LogP contribution in [0.3, 0.4) is 0 Å². The molecule has 0 radical (unpaired) electrons. The van der Waals surface area contributed by atoms with Crippen LogP contribution in [0.15, 0.2) is 159 Å². The van der Waals surface area contributed by atoms with E-state index < -0.39 is 83.1 Å². The molecule has 0 amide bonds. The molecule has 0 saturated carbocycles. The van der Waals surface area contributed by atoms with Gasteiger partial charge in [-0.3, -0.25) is 38.7 Å². The Morgan fingerprint density at radius 2 is 0.907 bits per heavy atom. The SMILES string of the molecule is Nc1ccc(N=Nc2ccc3c(c2)C(=O)/C(=N/Nc2ccc(Nc4ccc(N/N=C5/C(=O)c6cc(N=Nc7cc(S(=O)(=O)O)c(N)cc7N)ccc6C=C5S(=O)(=O)O)cc4)c(S(=O)(=O)O)c2)C(S(=O)(=O)O)=C3)c(N)c1. The predicted octanol–water partition coefficient (Wildman–Crippen LogP) is 6.87. The number of Topliss-reactive ketones (excluding diaryl/α,β-unsaturated/α-hetero) is 2. The van der Waals surface area contributed by atoms with Gasteiger partial charge in [-0.25, -0.2) is 0 Å². The van der Waals surface area contributed by atoms with Crippen LogP contribution in [0.25, 0.3) is 12.2 Å². The fourth-order valence-corrected chi connectivity index (χ4v) is 9.70. The minimum absolute atomic E-state index is 0.00420. The number of benzene rings is 6. The topological polar surface area (TPSA) is 466 Å². The zero-order valence-corrected chi connectivity index (χ0v) is 40.8. The lowest BCUT2D eigenvalue weighted by molar-refractivity contribution is 0.105. The standard InChI is InChI=1S/C44H35N13O14S4/c45-23-3-11-34(31(46)15-23)54-51-26-4-1-21-14-40(75(69,70)71)42(44(59)29(21)16-26)57-53-28-10-12-35(38(18-28)73(63,64)65)49-24-6-8-25(9-7-24)50-56-41-39(74(66,67)68)13-22-2-5-27(17-30(22)43(41)58)52-55-36-20-37(72(60,61)62)33(48)19-32(36)47/h1-20,49-50,53H,45-48H2,(H,60,61,62)(H,63,64,65)(H,66,67,68)(H,69,70,71)/b54-51?,55-52?,56-41+,57-42+. The van der Waals surface area contributed by atoms with Gasteiger partial charge in [0.1, 0.15) is 31.0 Å². The van der Waals surface area contributed by atoms with Gasteiger partial charge in [0, 0.05) is 22.5 Å². The van der Waals surface area contributed by atoms with Crippen molar-refractivity contribution in [3.8, 4) is 0 Å². The first-order valence-corrected chi connectivity index (χ1v) is 26.5. The van der Waals surface area contributed by atoms with E-state index in [-0.39, 0.29) is 84.8 Å². The quantitative estimate of drug-likeness (QED) is 0.0229. The normalized spacial score (nSPS) is 15.2. The zero-order chi connectivity index (χ0) is 54.4. The molecule has 27 nitrogen and oxygen atoms in total. The Balaban J connectivity index is 1.000. The molecule has 0 unspecified atom stereocenters. The molecule has 6 aromatic carbocycles. The first-order chi connectivity index (χ1) is 35.1. The van der Waals surface area contributed by atoms with Crippen molar-refractivity contribution in [3.63, 3.8) is 0 Å². The van der Waals surface area contributed by atoms with E-state index in [1.54, 1.807) is 6.07 Å². The first-order valence-electron chi connectivity index (χ1n) is 20.7. The van der Waals surface area contributed by atoms with Crippen molar-refractivity contribution < 1.29 is 61.5 Å². The highest BCUT2D eigenvalue weighted by atomic mass is 32.2. The highest BCUT2D eigenvalue weighted by Crippen LogP contribution is 2.36. The average Bonchev–Trinajstić information content (AvgIpc) is 3.32. The molecule has 0 spiro atoms. The molecule has 0 aliphatic heterocycles. The Morgan fingerprint density at radius 3 is 1.41 bits per heavy atom. The molecule has 2 aliphatic carbocycles. The summed E-state index contributed by atoms with van der Waals surface area (Å²) in [5, 5.41) is 26.6. The number of nitrogens with one attached hydrogen (secondary N) is 3. The molecule has 31 heteroatoms.